The van der Waals surface area contributed by atoms with Gasteiger partial charge in [-0.3, -0.25) is 0 Å². The van der Waals surface area contributed by atoms with Gasteiger partial charge in [-0.05, 0) is 111 Å². The first-order valence-electron chi connectivity index (χ1n) is 10.7. The molecule has 3 N–H and O–H groups in total. The van der Waals surface area contributed by atoms with Crippen LogP contribution in [0.3, 0.4) is 0 Å². The van der Waals surface area contributed by atoms with E-state index in [-0.39, 0.29) is 17.2 Å². The standard InChI is InChI=1S/C28H27NO4/c1-17-14-22(8-10-25(17)30)29(23-9-11-26(31)18(2)15-23)21-6-5-7-24(16-21)33-28-13-12-27(32)19(3)20(28)4/h5-16,30-32H,1-4H3. The first kappa shape index (κ1) is 22.1. The quantitative estimate of drug-likeness (QED) is 0.303. The molecule has 0 heterocycles. The van der Waals surface area contributed by atoms with Crippen molar-refractivity contribution in [1.29, 1.82) is 0 Å². The van der Waals surface area contributed by atoms with Crippen molar-refractivity contribution in [3.63, 3.8) is 0 Å². The topological polar surface area (TPSA) is 73.2 Å². The van der Waals surface area contributed by atoms with Crippen LogP contribution in [0.4, 0.5) is 17.1 Å². The molecule has 0 radical (unpaired) electrons. The highest BCUT2D eigenvalue weighted by atomic mass is 16.5. The zero-order chi connectivity index (χ0) is 23.7. The summed E-state index contributed by atoms with van der Waals surface area (Å²) in [4.78, 5) is 2.04. The van der Waals surface area contributed by atoms with Crippen LogP contribution < -0.4 is 9.64 Å². The van der Waals surface area contributed by atoms with Gasteiger partial charge in [0.25, 0.3) is 0 Å². The van der Waals surface area contributed by atoms with Gasteiger partial charge in [-0.1, -0.05) is 6.07 Å². The molecule has 4 aromatic rings. The number of rotatable bonds is 5. The fraction of sp³-hybridized carbons (Fsp3) is 0.143. The lowest BCUT2D eigenvalue weighted by molar-refractivity contribution is 0.457. The van der Waals surface area contributed by atoms with Crippen LogP contribution >= 0.6 is 0 Å². The Morgan fingerprint density at radius 1 is 0.576 bits per heavy atom. The zero-order valence-electron chi connectivity index (χ0n) is 19.1. The molecule has 0 bridgehead atoms. The molecule has 0 fully saturated rings. The largest absolute Gasteiger partial charge is 0.508 e. The van der Waals surface area contributed by atoms with Gasteiger partial charge in [0.15, 0.2) is 0 Å². The van der Waals surface area contributed by atoms with Crippen molar-refractivity contribution in [2.75, 3.05) is 4.90 Å². The van der Waals surface area contributed by atoms with E-state index in [1.165, 1.54) is 0 Å². The molecular weight excluding hydrogens is 414 g/mol. The second-order valence-corrected chi connectivity index (χ2v) is 8.21. The third-order valence-corrected chi connectivity index (χ3v) is 5.89. The van der Waals surface area contributed by atoms with Gasteiger partial charge in [-0.2, -0.15) is 0 Å². The van der Waals surface area contributed by atoms with Gasteiger partial charge in [0.2, 0.25) is 0 Å². The highest BCUT2D eigenvalue weighted by molar-refractivity contribution is 5.78. The van der Waals surface area contributed by atoms with E-state index in [1.807, 2.05) is 81.1 Å². The van der Waals surface area contributed by atoms with Crippen LogP contribution in [0, 0.1) is 27.7 Å². The number of hydrogen-bond donors (Lipinski definition) is 3. The summed E-state index contributed by atoms with van der Waals surface area (Å²) in [5, 5.41) is 30.0. The van der Waals surface area contributed by atoms with E-state index in [4.69, 9.17) is 4.74 Å². The van der Waals surface area contributed by atoms with Crippen molar-refractivity contribution in [3.05, 3.63) is 95.1 Å². The predicted octanol–water partition coefficient (Wildman–Crippen LogP) is 7.30. The summed E-state index contributed by atoms with van der Waals surface area (Å²) < 4.78 is 6.18. The van der Waals surface area contributed by atoms with Gasteiger partial charge < -0.3 is 25.0 Å². The average Bonchev–Trinajstić information content (AvgIpc) is 2.79. The minimum Gasteiger partial charge on any atom is -0.508 e. The van der Waals surface area contributed by atoms with Crippen LogP contribution in [0.2, 0.25) is 0 Å². The molecule has 0 aliphatic heterocycles. The molecule has 0 saturated heterocycles. The molecule has 0 atom stereocenters. The lowest BCUT2D eigenvalue weighted by Crippen LogP contribution is -2.10. The summed E-state index contributed by atoms with van der Waals surface area (Å²) in [7, 11) is 0. The molecular formula is C28H27NO4. The Bertz CT molecular complexity index is 1280. The highest BCUT2D eigenvalue weighted by Crippen LogP contribution is 2.40. The maximum Gasteiger partial charge on any atom is 0.130 e. The van der Waals surface area contributed by atoms with Crippen LogP contribution in [0.15, 0.2) is 72.8 Å². The highest BCUT2D eigenvalue weighted by Gasteiger charge is 2.16. The molecule has 4 rings (SSSR count). The number of hydrogen-bond acceptors (Lipinski definition) is 5. The Balaban J connectivity index is 1.80. The van der Waals surface area contributed by atoms with Crippen LogP contribution in [-0.2, 0) is 0 Å². The van der Waals surface area contributed by atoms with Crippen molar-refractivity contribution in [2.45, 2.75) is 27.7 Å². The molecule has 0 aromatic heterocycles. The van der Waals surface area contributed by atoms with E-state index in [0.29, 0.717) is 11.5 Å². The summed E-state index contributed by atoms with van der Waals surface area (Å²) >= 11 is 0. The molecule has 5 nitrogen and oxygen atoms in total. The van der Waals surface area contributed by atoms with E-state index in [1.54, 1.807) is 24.3 Å². The first-order valence-corrected chi connectivity index (χ1v) is 10.7. The fourth-order valence-electron chi connectivity index (χ4n) is 3.71. The lowest BCUT2D eigenvalue weighted by atomic mass is 10.1. The third kappa shape index (κ3) is 4.44. The summed E-state index contributed by atoms with van der Waals surface area (Å²) in [6, 6.07) is 22.0. The molecule has 5 heteroatoms. The van der Waals surface area contributed by atoms with Gasteiger partial charge in [0.05, 0.1) is 0 Å². The van der Waals surface area contributed by atoms with E-state index in [9.17, 15) is 15.3 Å². The SMILES string of the molecule is Cc1cc(N(c2cccc(Oc3ccc(O)c(C)c3C)c2)c2ccc(O)c(C)c2)ccc1O. The monoisotopic (exact) mass is 441 g/mol. The van der Waals surface area contributed by atoms with Gasteiger partial charge in [0.1, 0.15) is 28.7 Å². The van der Waals surface area contributed by atoms with E-state index in [0.717, 1.165) is 39.3 Å². The number of aryl methyl sites for hydroxylation is 2. The summed E-state index contributed by atoms with van der Waals surface area (Å²) in [5.41, 5.74) is 5.76. The minimum atomic E-state index is 0.232. The number of phenolic OH excluding ortho intramolecular Hbond substituents is 3. The van der Waals surface area contributed by atoms with Crippen LogP contribution in [-0.4, -0.2) is 15.3 Å². The maximum absolute atomic E-state index is 10.0. The first-order chi connectivity index (χ1) is 15.7. The predicted molar refractivity (Wildman–Crippen MR) is 132 cm³/mol. The van der Waals surface area contributed by atoms with E-state index >= 15 is 0 Å². The Morgan fingerprint density at radius 2 is 1.12 bits per heavy atom. The van der Waals surface area contributed by atoms with Crippen molar-refractivity contribution in [3.8, 4) is 28.7 Å². The average molecular weight is 442 g/mol. The van der Waals surface area contributed by atoms with Crippen molar-refractivity contribution in [1.82, 2.24) is 0 Å². The number of phenols is 3. The second-order valence-electron chi connectivity index (χ2n) is 8.21. The Hall–Kier alpha value is -4.12. The normalized spacial score (nSPS) is 10.8. The molecule has 4 aromatic carbocycles. The Labute approximate surface area is 193 Å². The Morgan fingerprint density at radius 3 is 1.70 bits per heavy atom. The second kappa shape index (κ2) is 8.79. The molecule has 0 aliphatic rings. The zero-order valence-corrected chi connectivity index (χ0v) is 19.1. The number of ether oxygens (including phenoxy) is 1. The van der Waals surface area contributed by atoms with Gasteiger partial charge >= 0.3 is 0 Å². The van der Waals surface area contributed by atoms with Crippen LogP contribution in [0.1, 0.15) is 22.3 Å². The Kier molecular flexibility index (Phi) is 5.88. The molecule has 0 spiro atoms. The van der Waals surface area contributed by atoms with Crippen molar-refractivity contribution >= 4 is 17.1 Å². The van der Waals surface area contributed by atoms with Crippen molar-refractivity contribution in [2.24, 2.45) is 0 Å². The summed E-state index contributed by atoms with van der Waals surface area (Å²) in [5.74, 6) is 2.03. The lowest BCUT2D eigenvalue weighted by Gasteiger charge is -2.27. The molecule has 168 valence electrons. The van der Waals surface area contributed by atoms with E-state index < -0.39 is 0 Å². The number of anilines is 3. The fourth-order valence-corrected chi connectivity index (χ4v) is 3.71. The summed E-state index contributed by atoms with van der Waals surface area (Å²) in [6.07, 6.45) is 0. The van der Waals surface area contributed by atoms with Crippen molar-refractivity contribution < 1.29 is 20.1 Å². The molecule has 33 heavy (non-hydrogen) atoms. The molecule has 0 unspecified atom stereocenters. The van der Waals surface area contributed by atoms with Gasteiger partial charge in [-0.25, -0.2) is 0 Å². The van der Waals surface area contributed by atoms with Gasteiger partial charge in [-0.15, -0.1) is 0 Å². The summed E-state index contributed by atoms with van der Waals surface area (Å²) in [6.45, 7) is 7.48. The van der Waals surface area contributed by atoms with Gasteiger partial charge in [0, 0.05) is 23.1 Å². The van der Waals surface area contributed by atoms with E-state index in [2.05, 4.69) is 0 Å². The van der Waals surface area contributed by atoms with Crippen LogP contribution in [0.25, 0.3) is 0 Å². The number of nitrogens with zero attached hydrogens (tertiary/aromatic N) is 1. The molecule has 0 saturated carbocycles. The number of aromatic hydroxyl groups is 3. The minimum absolute atomic E-state index is 0.232. The maximum atomic E-state index is 10.0. The van der Waals surface area contributed by atoms with Crippen LogP contribution in [0.5, 0.6) is 28.7 Å². The third-order valence-electron chi connectivity index (χ3n) is 5.89. The smallest absolute Gasteiger partial charge is 0.130 e. The number of benzene rings is 4. The molecule has 0 amide bonds. The molecule has 0 aliphatic carbocycles.